The lowest BCUT2D eigenvalue weighted by Gasteiger charge is -2.03. The third-order valence-electron chi connectivity index (χ3n) is 2.79. The molecule has 0 saturated heterocycles. The molecule has 2 rings (SSSR count). The Bertz CT molecular complexity index is 375. The minimum absolute atomic E-state index is 0.0199. The number of amides is 1. The van der Waals surface area contributed by atoms with E-state index in [0.29, 0.717) is 12.0 Å². The molecule has 1 fully saturated rings. The lowest BCUT2D eigenvalue weighted by Crippen LogP contribution is -2.30. The fourth-order valence-electron chi connectivity index (χ4n) is 1.90. The molecular formula is C10H17N5O. The lowest BCUT2D eigenvalue weighted by molar-refractivity contribution is -0.122. The molecule has 0 bridgehead atoms. The van der Waals surface area contributed by atoms with E-state index in [-0.39, 0.29) is 18.4 Å². The molecule has 3 N–H and O–H groups in total. The van der Waals surface area contributed by atoms with Gasteiger partial charge < -0.3 is 11.1 Å². The topological polar surface area (TPSA) is 85.8 Å². The SMILES string of the molecule is CCCC1CC1NC(=O)Cn1cnc(N)n1. The first kappa shape index (κ1) is 10.9. The number of anilines is 1. The molecule has 0 aliphatic heterocycles. The second-order valence-electron chi connectivity index (χ2n) is 4.26. The molecule has 0 spiro atoms. The van der Waals surface area contributed by atoms with Crippen LogP contribution in [-0.4, -0.2) is 26.7 Å². The van der Waals surface area contributed by atoms with Gasteiger partial charge in [0.05, 0.1) is 0 Å². The maximum absolute atomic E-state index is 11.6. The number of nitrogens with two attached hydrogens (primary N) is 1. The number of hydrogen-bond donors (Lipinski definition) is 2. The second kappa shape index (κ2) is 4.51. The molecule has 1 aliphatic carbocycles. The van der Waals surface area contributed by atoms with Crippen LogP contribution in [0.4, 0.5) is 5.95 Å². The maximum atomic E-state index is 11.6. The summed E-state index contributed by atoms with van der Waals surface area (Å²) in [6.45, 7) is 2.36. The molecular weight excluding hydrogens is 206 g/mol. The van der Waals surface area contributed by atoms with E-state index in [1.807, 2.05) is 0 Å². The molecule has 1 aromatic rings. The number of nitrogens with zero attached hydrogens (tertiary/aromatic N) is 3. The average molecular weight is 223 g/mol. The predicted octanol–water partition coefficient (Wildman–Crippen LogP) is 0.165. The van der Waals surface area contributed by atoms with Gasteiger partial charge in [0.1, 0.15) is 12.9 Å². The third-order valence-corrected chi connectivity index (χ3v) is 2.79. The number of carbonyl (C=O) groups excluding carboxylic acids is 1. The summed E-state index contributed by atoms with van der Waals surface area (Å²) >= 11 is 0. The van der Waals surface area contributed by atoms with E-state index in [2.05, 4.69) is 22.3 Å². The zero-order valence-electron chi connectivity index (χ0n) is 9.39. The molecule has 6 nitrogen and oxygen atoms in total. The Morgan fingerprint density at radius 3 is 3.19 bits per heavy atom. The van der Waals surface area contributed by atoms with Gasteiger partial charge in [-0.1, -0.05) is 13.3 Å². The van der Waals surface area contributed by atoms with E-state index in [4.69, 9.17) is 5.73 Å². The summed E-state index contributed by atoms with van der Waals surface area (Å²) in [6.07, 6.45) is 4.95. The highest BCUT2D eigenvalue weighted by atomic mass is 16.2. The van der Waals surface area contributed by atoms with Crippen LogP contribution in [0.3, 0.4) is 0 Å². The van der Waals surface area contributed by atoms with Crippen molar-refractivity contribution in [3.8, 4) is 0 Å². The normalized spacial score (nSPS) is 23.1. The molecule has 1 aliphatic rings. The average Bonchev–Trinajstić information content (AvgIpc) is 2.79. The van der Waals surface area contributed by atoms with Gasteiger partial charge in [-0.15, -0.1) is 5.10 Å². The van der Waals surface area contributed by atoms with E-state index in [1.165, 1.54) is 23.9 Å². The van der Waals surface area contributed by atoms with Crippen molar-refractivity contribution in [2.24, 2.45) is 5.92 Å². The van der Waals surface area contributed by atoms with Gasteiger partial charge in [0.2, 0.25) is 11.9 Å². The number of nitrogens with one attached hydrogen (secondary N) is 1. The molecule has 6 heteroatoms. The fourth-order valence-corrected chi connectivity index (χ4v) is 1.90. The van der Waals surface area contributed by atoms with Crippen LogP contribution in [0.15, 0.2) is 6.33 Å². The number of aromatic nitrogens is 3. The van der Waals surface area contributed by atoms with E-state index >= 15 is 0 Å². The summed E-state index contributed by atoms with van der Waals surface area (Å²) in [4.78, 5) is 15.3. The van der Waals surface area contributed by atoms with Gasteiger partial charge in [-0.05, 0) is 18.8 Å². The van der Waals surface area contributed by atoms with Gasteiger partial charge in [-0.2, -0.15) is 0 Å². The van der Waals surface area contributed by atoms with Gasteiger partial charge in [0.15, 0.2) is 0 Å². The van der Waals surface area contributed by atoms with Crippen LogP contribution >= 0.6 is 0 Å². The van der Waals surface area contributed by atoms with E-state index in [1.54, 1.807) is 0 Å². The summed E-state index contributed by atoms with van der Waals surface area (Å²) in [5.74, 6) is 0.853. The van der Waals surface area contributed by atoms with Crippen molar-refractivity contribution in [2.75, 3.05) is 5.73 Å². The monoisotopic (exact) mass is 223 g/mol. The predicted molar refractivity (Wildman–Crippen MR) is 59.4 cm³/mol. The number of nitrogen functional groups attached to an aromatic ring is 1. The highest BCUT2D eigenvalue weighted by Gasteiger charge is 2.36. The van der Waals surface area contributed by atoms with Crippen molar-refractivity contribution in [1.82, 2.24) is 20.1 Å². The molecule has 0 radical (unpaired) electrons. The summed E-state index contributed by atoms with van der Waals surface area (Å²) in [6, 6.07) is 0.369. The first-order valence-corrected chi connectivity index (χ1v) is 5.63. The van der Waals surface area contributed by atoms with Crippen molar-refractivity contribution in [1.29, 1.82) is 0 Å². The van der Waals surface area contributed by atoms with E-state index < -0.39 is 0 Å². The summed E-state index contributed by atoms with van der Waals surface area (Å²) in [5, 5.41) is 6.83. The molecule has 1 aromatic heterocycles. The first-order valence-electron chi connectivity index (χ1n) is 5.63. The van der Waals surface area contributed by atoms with Gasteiger partial charge in [-0.3, -0.25) is 4.79 Å². The standard InChI is InChI=1S/C10H17N5O/c1-2-3-7-4-8(7)13-9(16)5-15-6-12-10(11)14-15/h6-8H,2-5H2,1H3,(H2,11,14)(H,13,16). The molecule has 1 heterocycles. The van der Waals surface area contributed by atoms with Crippen LogP contribution in [0.5, 0.6) is 0 Å². The summed E-state index contributed by atoms with van der Waals surface area (Å²) in [5.41, 5.74) is 5.35. The second-order valence-corrected chi connectivity index (χ2v) is 4.26. The number of hydrogen-bond acceptors (Lipinski definition) is 4. The van der Waals surface area contributed by atoms with Crippen LogP contribution in [-0.2, 0) is 11.3 Å². The number of rotatable bonds is 5. The molecule has 2 unspecified atom stereocenters. The Balaban J connectivity index is 1.73. The van der Waals surface area contributed by atoms with Gasteiger partial charge >= 0.3 is 0 Å². The molecule has 1 amide bonds. The lowest BCUT2D eigenvalue weighted by atomic mass is 10.2. The first-order chi connectivity index (χ1) is 7.69. The molecule has 88 valence electrons. The van der Waals surface area contributed by atoms with E-state index in [9.17, 15) is 4.79 Å². The Morgan fingerprint density at radius 1 is 1.75 bits per heavy atom. The molecule has 0 aromatic carbocycles. The quantitative estimate of drug-likeness (QED) is 0.744. The van der Waals surface area contributed by atoms with Crippen molar-refractivity contribution in [2.45, 2.75) is 38.8 Å². The van der Waals surface area contributed by atoms with Crippen molar-refractivity contribution in [3.05, 3.63) is 6.33 Å². The van der Waals surface area contributed by atoms with Crippen LogP contribution < -0.4 is 11.1 Å². The Hall–Kier alpha value is -1.59. The Kier molecular flexibility index (Phi) is 3.07. The highest BCUT2D eigenvalue weighted by Crippen LogP contribution is 2.34. The van der Waals surface area contributed by atoms with E-state index in [0.717, 1.165) is 6.42 Å². The third kappa shape index (κ3) is 2.71. The summed E-state index contributed by atoms with van der Waals surface area (Å²) < 4.78 is 1.45. The molecule has 16 heavy (non-hydrogen) atoms. The van der Waals surface area contributed by atoms with Gasteiger partial charge in [0, 0.05) is 6.04 Å². The van der Waals surface area contributed by atoms with Crippen molar-refractivity contribution >= 4 is 11.9 Å². The molecule has 1 saturated carbocycles. The minimum Gasteiger partial charge on any atom is -0.367 e. The smallest absolute Gasteiger partial charge is 0.242 e. The van der Waals surface area contributed by atoms with Crippen LogP contribution in [0.1, 0.15) is 26.2 Å². The van der Waals surface area contributed by atoms with Crippen molar-refractivity contribution in [3.63, 3.8) is 0 Å². The minimum atomic E-state index is -0.0199. The largest absolute Gasteiger partial charge is 0.367 e. The Labute approximate surface area is 94.2 Å². The van der Waals surface area contributed by atoms with Crippen LogP contribution in [0.2, 0.25) is 0 Å². The molecule has 2 atom stereocenters. The zero-order chi connectivity index (χ0) is 11.5. The van der Waals surface area contributed by atoms with Crippen molar-refractivity contribution < 1.29 is 4.79 Å². The Morgan fingerprint density at radius 2 is 2.56 bits per heavy atom. The number of carbonyl (C=O) groups is 1. The zero-order valence-corrected chi connectivity index (χ0v) is 9.39. The van der Waals surface area contributed by atoms with Crippen LogP contribution in [0.25, 0.3) is 0 Å². The van der Waals surface area contributed by atoms with Gasteiger partial charge in [0.25, 0.3) is 0 Å². The highest BCUT2D eigenvalue weighted by molar-refractivity contribution is 5.76. The fraction of sp³-hybridized carbons (Fsp3) is 0.700. The maximum Gasteiger partial charge on any atom is 0.242 e. The summed E-state index contributed by atoms with van der Waals surface area (Å²) in [7, 11) is 0. The van der Waals surface area contributed by atoms with Gasteiger partial charge in [-0.25, -0.2) is 9.67 Å². The van der Waals surface area contributed by atoms with Crippen LogP contribution in [0, 0.1) is 5.92 Å².